The summed E-state index contributed by atoms with van der Waals surface area (Å²) in [6, 6.07) is 1.27. The molecule has 2 atom stereocenters. The summed E-state index contributed by atoms with van der Waals surface area (Å²) in [5.74, 6) is -0.0502. The minimum atomic E-state index is -0.448. The molecule has 2 fully saturated rings. The molecule has 0 aromatic carbocycles. The van der Waals surface area contributed by atoms with Gasteiger partial charge in [0.2, 0.25) is 0 Å². The quantitative estimate of drug-likeness (QED) is 0.748. The highest BCUT2D eigenvalue weighted by molar-refractivity contribution is 5.81. The maximum absolute atomic E-state index is 12.4. The molecular formula is C15H28N2O2. The summed E-state index contributed by atoms with van der Waals surface area (Å²) in [7, 11) is 2.22. The Morgan fingerprint density at radius 2 is 2.05 bits per heavy atom. The number of rotatable bonds is 6. The van der Waals surface area contributed by atoms with Crippen LogP contribution in [0.15, 0.2) is 0 Å². The van der Waals surface area contributed by atoms with Gasteiger partial charge in [-0.05, 0) is 59.0 Å². The van der Waals surface area contributed by atoms with Crippen LogP contribution in [0.4, 0.5) is 0 Å². The van der Waals surface area contributed by atoms with E-state index in [0.717, 1.165) is 31.8 Å². The summed E-state index contributed by atoms with van der Waals surface area (Å²) in [6.45, 7) is 5.23. The second kappa shape index (κ2) is 6.23. The molecule has 2 rings (SSSR count). The minimum absolute atomic E-state index is 0.0502. The number of likely N-dealkylation sites (N-methyl/N-ethyl adjacent to an activating group) is 1. The van der Waals surface area contributed by atoms with E-state index in [1.807, 2.05) is 6.92 Å². The SMILES string of the molecule is CCNC1(C(=O)OCC)CCCC(N(C)C2CC2)C1. The van der Waals surface area contributed by atoms with E-state index in [2.05, 4.69) is 24.2 Å². The minimum Gasteiger partial charge on any atom is -0.465 e. The maximum atomic E-state index is 12.4. The Kier molecular flexibility index (Phi) is 4.85. The van der Waals surface area contributed by atoms with Gasteiger partial charge in [0.1, 0.15) is 5.54 Å². The van der Waals surface area contributed by atoms with Gasteiger partial charge in [0, 0.05) is 12.1 Å². The van der Waals surface area contributed by atoms with Crippen LogP contribution >= 0.6 is 0 Å². The molecule has 2 aliphatic rings. The molecule has 0 radical (unpaired) electrons. The zero-order chi connectivity index (χ0) is 13.9. The normalized spacial score (nSPS) is 31.5. The first-order valence-electron chi connectivity index (χ1n) is 7.77. The maximum Gasteiger partial charge on any atom is 0.326 e. The topological polar surface area (TPSA) is 41.6 Å². The lowest BCUT2D eigenvalue weighted by Crippen LogP contribution is -2.58. The molecule has 1 N–H and O–H groups in total. The molecule has 19 heavy (non-hydrogen) atoms. The van der Waals surface area contributed by atoms with E-state index in [0.29, 0.717) is 12.6 Å². The molecule has 0 bridgehead atoms. The summed E-state index contributed by atoms with van der Waals surface area (Å²) >= 11 is 0. The van der Waals surface area contributed by atoms with Crippen LogP contribution in [0.5, 0.6) is 0 Å². The summed E-state index contributed by atoms with van der Waals surface area (Å²) in [5, 5.41) is 3.43. The van der Waals surface area contributed by atoms with Gasteiger partial charge in [-0.15, -0.1) is 0 Å². The number of carbonyl (C=O) groups is 1. The van der Waals surface area contributed by atoms with Gasteiger partial charge in [0.15, 0.2) is 0 Å². The van der Waals surface area contributed by atoms with Crippen molar-refractivity contribution in [3.05, 3.63) is 0 Å². The van der Waals surface area contributed by atoms with E-state index >= 15 is 0 Å². The second-order valence-electron chi connectivity index (χ2n) is 5.98. The number of carbonyl (C=O) groups excluding carboxylic acids is 1. The van der Waals surface area contributed by atoms with Crippen molar-refractivity contribution < 1.29 is 9.53 Å². The van der Waals surface area contributed by atoms with Crippen LogP contribution in [-0.4, -0.2) is 48.7 Å². The number of hydrogen-bond donors (Lipinski definition) is 1. The molecule has 0 aromatic heterocycles. The Bertz CT molecular complexity index is 313. The van der Waals surface area contributed by atoms with Crippen molar-refractivity contribution in [1.29, 1.82) is 0 Å². The Balaban J connectivity index is 2.06. The summed E-state index contributed by atoms with van der Waals surface area (Å²) < 4.78 is 5.32. The lowest BCUT2D eigenvalue weighted by atomic mass is 9.78. The molecule has 2 unspecified atom stereocenters. The third-order valence-corrected chi connectivity index (χ3v) is 4.61. The van der Waals surface area contributed by atoms with Gasteiger partial charge in [0.05, 0.1) is 6.61 Å². The molecule has 2 saturated carbocycles. The number of nitrogens with zero attached hydrogens (tertiary/aromatic N) is 1. The predicted molar refractivity (Wildman–Crippen MR) is 76.1 cm³/mol. The fourth-order valence-corrected chi connectivity index (χ4v) is 3.40. The van der Waals surface area contributed by atoms with Gasteiger partial charge < -0.3 is 15.0 Å². The number of esters is 1. The first-order chi connectivity index (χ1) is 9.13. The zero-order valence-electron chi connectivity index (χ0n) is 12.6. The summed E-state index contributed by atoms with van der Waals surface area (Å²) in [6.07, 6.45) is 6.76. The lowest BCUT2D eigenvalue weighted by molar-refractivity contribution is -0.153. The summed E-state index contributed by atoms with van der Waals surface area (Å²) in [5.41, 5.74) is -0.448. The molecule has 0 spiro atoms. The van der Waals surface area contributed by atoms with E-state index < -0.39 is 5.54 Å². The highest BCUT2D eigenvalue weighted by atomic mass is 16.5. The highest BCUT2D eigenvalue weighted by Crippen LogP contribution is 2.36. The van der Waals surface area contributed by atoms with Crippen molar-refractivity contribution in [2.75, 3.05) is 20.2 Å². The van der Waals surface area contributed by atoms with Crippen molar-refractivity contribution >= 4 is 5.97 Å². The van der Waals surface area contributed by atoms with Crippen LogP contribution < -0.4 is 5.32 Å². The monoisotopic (exact) mass is 268 g/mol. The van der Waals surface area contributed by atoms with E-state index in [4.69, 9.17) is 4.74 Å². The van der Waals surface area contributed by atoms with Gasteiger partial charge in [-0.2, -0.15) is 0 Å². The standard InChI is InChI=1S/C15H28N2O2/c1-4-16-15(14(18)19-5-2)10-6-7-13(11-15)17(3)12-8-9-12/h12-13,16H,4-11H2,1-3H3. The fraction of sp³-hybridized carbons (Fsp3) is 0.933. The van der Waals surface area contributed by atoms with Crippen LogP contribution in [0.25, 0.3) is 0 Å². The third-order valence-electron chi connectivity index (χ3n) is 4.61. The number of hydrogen-bond acceptors (Lipinski definition) is 4. The Morgan fingerprint density at radius 3 is 2.63 bits per heavy atom. The number of ether oxygens (including phenoxy) is 1. The number of nitrogens with one attached hydrogen (secondary N) is 1. The molecule has 0 heterocycles. The molecule has 110 valence electrons. The van der Waals surface area contributed by atoms with Crippen molar-refractivity contribution in [2.24, 2.45) is 0 Å². The van der Waals surface area contributed by atoms with Crippen molar-refractivity contribution in [3.63, 3.8) is 0 Å². The lowest BCUT2D eigenvalue weighted by Gasteiger charge is -2.42. The van der Waals surface area contributed by atoms with Crippen LogP contribution in [0, 0.1) is 0 Å². The Hall–Kier alpha value is -0.610. The van der Waals surface area contributed by atoms with Gasteiger partial charge >= 0.3 is 5.97 Å². The van der Waals surface area contributed by atoms with Crippen LogP contribution in [0.1, 0.15) is 52.4 Å². The molecular weight excluding hydrogens is 240 g/mol. The van der Waals surface area contributed by atoms with Gasteiger partial charge in [-0.25, -0.2) is 0 Å². The third kappa shape index (κ3) is 3.29. The van der Waals surface area contributed by atoms with E-state index in [1.54, 1.807) is 0 Å². The molecule has 2 aliphatic carbocycles. The highest BCUT2D eigenvalue weighted by Gasteiger charge is 2.45. The van der Waals surface area contributed by atoms with Crippen molar-refractivity contribution in [2.45, 2.75) is 70.0 Å². The molecule has 4 nitrogen and oxygen atoms in total. The Morgan fingerprint density at radius 1 is 1.32 bits per heavy atom. The summed E-state index contributed by atoms with van der Waals surface area (Å²) in [4.78, 5) is 14.9. The predicted octanol–water partition coefficient (Wildman–Crippen LogP) is 1.93. The molecule has 0 saturated heterocycles. The molecule has 0 aromatic rings. The van der Waals surface area contributed by atoms with E-state index in [1.165, 1.54) is 19.3 Å². The van der Waals surface area contributed by atoms with Crippen LogP contribution in [0.2, 0.25) is 0 Å². The van der Waals surface area contributed by atoms with Crippen molar-refractivity contribution in [3.8, 4) is 0 Å². The van der Waals surface area contributed by atoms with Gasteiger partial charge in [-0.1, -0.05) is 6.92 Å². The van der Waals surface area contributed by atoms with E-state index in [9.17, 15) is 4.79 Å². The smallest absolute Gasteiger partial charge is 0.326 e. The zero-order valence-corrected chi connectivity index (χ0v) is 12.6. The Labute approximate surface area is 116 Å². The molecule has 4 heteroatoms. The first kappa shape index (κ1) is 14.8. The van der Waals surface area contributed by atoms with Crippen LogP contribution in [0.3, 0.4) is 0 Å². The molecule has 0 aliphatic heterocycles. The van der Waals surface area contributed by atoms with Crippen molar-refractivity contribution in [1.82, 2.24) is 10.2 Å². The second-order valence-corrected chi connectivity index (χ2v) is 5.98. The fourth-order valence-electron chi connectivity index (χ4n) is 3.40. The van der Waals surface area contributed by atoms with Gasteiger partial charge in [-0.3, -0.25) is 4.79 Å². The average Bonchev–Trinajstić information content (AvgIpc) is 3.23. The average molecular weight is 268 g/mol. The first-order valence-corrected chi connectivity index (χ1v) is 7.77. The van der Waals surface area contributed by atoms with E-state index in [-0.39, 0.29) is 5.97 Å². The van der Waals surface area contributed by atoms with Gasteiger partial charge in [0.25, 0.3) is 0 Å². The van der Waals surface area contributed by atoms with Crippen LogP contribution in [-0.2, 0) is 9.53 Å². The largest absolute Gasteiger partial charge is 0.465 e. The molecule has 0 amide bonds.